The normalized spacial score (nSPS) is 17.7. The summed E-state index contributed by atoms with van der Waals surface area (Å²) in [5.74, 6) is 0.582. The van der Waals surface area contributed by atoms with Crippen LogP contribution in [0.1, 0.15) is 27.4 Å². The number of anilines is 1. The highest BCUT2D eigenvalue weighted by Gasteiger charge is 2.36. The molecule has 0 radical (unpaired) electrons. The molecule has 2 aromatic carbocycles. The van der Waals surface area contributed by atoms with Gasteiger partial charge in [-0.25, -0.2) is 0 Å². The predicted molar refractivity (Wildman–Crippen MR) is 95.2 cm³/mol. The van der Waals surface area contributed by atoms with E-state index in [1.54, 1.807) is 25.1 Å². The van der Waals surface area contributed by atoms with E-state index in [0.717, 1.165) is 29.0 Å². The maximum absolute atomic E-state index is 13.1. The van der Waals surface area contributed by atoms with Crippen LogP contribution in [0.4, 0.5) is 5.69 Å². The SMILES string of the molecule is CN(C)C(=O)c1ccc2c(c1)CCN2C(=O)[C@H]1COc2ccccc21. The molecule has 2 aromatic rings. The second-order valence-corrected chi connectivity index (χ2v) is 6.68. The van der Waals surface area contributed by atoms with E-state index >= 15 is 0 Å². The molecule has 1 atom stereocenters. The van der Waals surface area contributed by atoms with Gasteiger partial charge in [-0.05, 0) is 36.2 Å². The molecule has 5 nitrogen and oxygen atoms in total. The zero-order valence-electron chi connectivity index (χ0n) is 14.4. The number of benzene rings is 2. The molecule has 0 aliphatic carbocycles. The number of fused-ring (bicyclic) bond motifs is 2. The fraction of sp³-hybridized carbons (Fsp3) is 0.300. The molecule has 0 unspecified atom stereocenters. The van der Waals surface area contributed by atoms with Gasteiger partial charge in [0.15, 0.2) is 0 Å². The van der Waals surface area contributed by atoms with Gasteiger partial charge in [-0.1, -0.05) is 18.2 Å². The molecule has 0 saturated carbocycles. The van der Waals surface area contributed by atoms with Crippen LogP contribution < -0.4 is 9.64 Å². The van der Waals surface area contributed by atoms with Crippen LogP contribution in [0.25, 0.3) is 0 Å². The van der Waals surface area contributed by atoms with Crippen molar-refractivity contribution >= 4 is 17.5 Å². The van der Waals surface area contributed by atoms with Crippen molar-refractivity contribution in [3.8, 4) is 5.75 Å². The Morgan fingerprint density at radius 3 is 2.76 bits per heavy atom. The molecule has 0 fully saturated rings. The smallest absolute Gasteiger partial charge is 0.253 e. The third-order valence-electron chi connectivity index (χ3n) is 4.89. The first-order chi connectivity index (χ1) is 12.1. The highest BCUT2D eigenvalue weighted by Crippen LogP contribution is 2.38. The lowest BCUT2D eigenvalue weighted by Crippen LogP contribution is -2.34. The Bertz CT molecular complexity index is 860. The topological polar surface area (TPSA) is 49.9 Å². The number of ether oxygens (including phenoxy) is 1. The van der Waals surface area contributed by atoms with Gasteiger partial charge in [0.2, 0.25) is 5.91 Å². The molecule has 2 amide bonds. The van der Waals surface area contributed by atoms with Gasteiger partial charge in [-0.3, -0.25) is 9.59 Å². The minimum Gasteiger partial charge on any atom is -0.492 e. The average Bonchev–Trinajstić information content (AvgIpc) is 3.24. The summed E-state index contributed by atoms with van der Waals surface area (Å²) in [7, 11) is 3.48. The Balaban J connectivity index is 1.61. The number of hydrogen-bond donors (Lipinski definition) is 0. The molecule has 2 aliphatic heterocycles. The number of carbonyl (C=O) groups excluding carboxylic acids is 2. The summed E-state index contributed by atoms with van der Waals surface area (Å²) >= 11 is 0. The molecule has 0 N–H and O–H groups in total. The number of para-hydroxylation sites is 1. The monoisotopic (exact) mass is 336 g/mol. The quantitative estimate of drug-likeness (QED) is 0.846. The van der Waals surface area contributed by atoms with Gasteiger partial charge < -0.3 is 14.5 Å². The summed E-state index contributed by atoms with van der Waals surface area (Å²) < 4.78 is 5.66. The third kappa shape index (κ3) is 2.56. The summed E-state index contributed by atoms with van der Waals surface area (Å²) in [6.45, 7) is 1.04. The number of amides is 2. The Hall–Kier alpha value is -2.82. The highest BCUT2D eigenvalue weighted by molar-refractivity contribution is 6.02. The molecule has 2 heterocycles. The summed E-state index contributed by atoms with van der Waals surface area (Å²) in [4.78, 5) is 28.6. The largest absolute Gasteiger partial charge is 0.492 e. The predicted octanol–water partition coefficient (Wildman–Crippen LogP) is 2.45. The highest BCUT2D eigenvalue weighted by atomic mass is 16.5. The lowest BCUT2D eigenvalue weighted by Gasteiger charge is -2.21. The molecule has 4 rings (SSSR count). The average molecular weight is 336 g/mol. The second kappa shape index (κ2) is 5.92. The Morgan fingerprint density at radius 1 is 1.16 bits per heavy atom. The molecular weight excluding hydrogens is 316 g/mol. The van der Waals surface area contributed by atoms with Crippen LogP contribution in [0.3, 0.4) is 0 Å². The summed E-state index contributed by atoms with van der Waals surface area (Å²) in [6.07, 6.45) is 0.769. The molecular formula is C20H20N2O3. The van der Waals surface area contributed by atoms with Crippen molar-refractivity contribution in [1.82, 2.24) is 4.90 Å². The van der Waals surface area contributed by atoms with Gasteiger partial charge >= 0.3 is 0 Å². The number of nitrogens with zero attached hydrogens (tertiary/aromatic N) is 2. The lowest BCUT2D eigenvalue weighted by molar-refractivity contribution is -0.120. The van der Waals surface area contributed by atoms with Crippen LogP contribution in [0.15, 0.2) is 42.5 Å². The third-order valence-corrected chi connectivity index (χ3v) is 4.89. The van der Waals surface area contributed by atoms with E-state index in [0.29, 0.717) is 18.7 Å². The van der Waals surface area contributed by atoms with Crippen LogP contribution in [0.2, 0.25) is 0 Å². The molecule has 25 heavy (non-hydrogen) atoms. The summed E-state index contributed by atoms with van der Waals surface area (Å²) in [5.41, 5.74) is 3.57. The Kier molecular flexibility index (Phi) is 3.71. The van der Waals surface area contributed by atoms with E-state index < -0.39 is 0 Å². The van der Waals surface area contributed by atoms with Crippen molar-refractivity contribution in [2.45, 2.75) is 12.3 Å². The van der Waals surface area contributed by atoms with Crippen molar-refractivity contribution in [2.75, 3.05) is 32.1 Å². The van der Waals surface area contributed by atoms with Crippen molar-refractivity contribution in [3.05, 3.63) is 59.2 Å². The summed E-state index contributed by atoms with van der Waals surface area (Å²) in [6, 6.07) is 13.3. The second-order valence-electron chi connectivity index (χ2n) is 6.68. The maximum atomic E-state index is 13.1. The van der Waals surface area contributed by atoms with Gasteiger partial charge in [-0.2, -0.15) is 0 Å². The zero-order valence-corrected chi connectivity index (χ0v) is 14.4. The van der Waals surface area contributed by atoms with Crippen LogP contribution in [-0.2, 0) is 11.2 Å². The van der Waals surface area contributed by atoms with E-state index in [2.05, 4.69) is 0 Å². The summed E-state index contributed by atoms with van der Waals surface area (Å²) in [5, 5.41) is 0. The standard InChI is InChI=1S/C20H20N2O3/c1-21(2)19(23)14-7-8-17-13(11-14)9-10-22(17)20(24)16-12-25-18-6-4-3-5-15(16)18/h3-8,11,16H,9-10,12H2,1-2H3/t16-/m0/s1. The van der Waals surface area contributed by atoms with E-state index in [1.165, 1.54) is 0 Å². The Labute approximate surface area is 146 Å². The van der Waals surface area contributed by atoms with Crippen LogP contribution in [0.5, 0.6) is 5.75 Å². The van der Waals surface area contributed by atoms with Crippen LogP contribution in [0, 0.1) is 0 Å². The van der Waals surface area contributed by atoms with Gasteiger partial charge in [0.05, 0.1) is 0 Å². The Morgan fingerprint density at radius 2 is 1.96 bits per heavy atom. The fourth-order valence-corrected chi connectivity index (χ4v) is 3.58. The number of hydrogen-bond acceptors (Lipinski definition) is 3. The van der Waals surface area contributed by atoms with E-state index in [-0.39, 0.29) is 17.7 Å². The van der Waals surface area contributed by atoms with Crippen molar-refractivity contribution in [1.29, 1.82) is 0 Å². The first-order valence-corrected chi connectivity index (χ1v) is 8.44. The van der Waals surface area contributed by atoms with Crippen molar-refractivity contribution in [3.63, 3.8) is 0 Å². The minimum atomic E-state index is -0.259. The van der Waals surface area contributed by atoms with Gasteiger partial charge in [0.1, 0.15) is 18.3 Å². The zero-order chi connectivity index (χ0) is 17.6. The molecule has 2 aliphatic rings. The van der Waals surface area contributed by atoms with Crippen molar-refractivity contribution in [2.24, 2.45) is 0 Å². The molecule has 128 valence electrons. The molecule has 0 spiro atoms. The molecule has 5 heteroatoms. The van der Waals surface area contributed by atoms with E-state index in [1.807, 2.05) is 41.3 Å². The van der Waals surface area contributed by atoms with Gasteiger partial charge in [0.25, 0.3) is 5.91 Å². The number of carbonyl (C=O) groups is 2. The first kappa shape index (κ1) is 15.7. The lowest BCUT2D eigenvalue weighted by atomic mass is 9.99. The van der Waals surface area contributed by atoms with E-state index in [4.69, 9.17) is 4.74 Å². The molecule has 0 aromatic heterocycles. The molecule has 0 saturated heterocycles. The van der Waals surface area contributed by atoms with Crippen LogP contribution in [-0.4, -0.2) is 44.0 Å². The van der Waals surface area contributed by atoms with E-state index in [9.17, 15) is 9.59 Å². The minimum absolute atomic E-state index is 0.0225. The van der Waals surface area contributed by atoms with Gasteiger partial charge in [0, 0.05) is 37.5 Å². The number of rotatable bonds is 2. The van der Waals surface area contributed by atoms with Gasteiger partial charge in [-0.15, -0.1) is 0 Å². The molecule has 0 bridgehead atoms. The van der Waals surface area contributed by atoms with Crippen molar-refractivity contribution < 1.29 is 14.3 Å². The first-order valence-electron chi connectivity index (χ1n) is 8.44. The van der Waals surface area contributed by atoms with Crippen LogP contribution >= 0.6 is 0 Å². The fourth-order valence-electron chi connectivity index (χ4n) is 3.58. The maximum Gasteiger partial charge on any atom is 0.253 e.